The maximum absolute atomic E-state index is 13.5. The molecule has 5 aliphatic rings. The van der Waals surface area contributed by atoms with Crippen LogP contribution in [0.4, 0.5) is 0 Å². The number of carbonyl (C=O) groups excluding carboxylic acids is 1. The molecular formula is C25H34N2O2. The standard InChI is InChI=1S/C25H34N2O2/c1-29-22-19-11-24(20-5-3-2-4-6-20)13-21(22)25(12-19,16-24)23(28)27-15-18-9-7-17(14-26)8-10-18/h2-6,15,17-19,21-22H,7-14,16,26H2,1H3. The molecule has 0 aromatic heterocycles. The Bertz CT molecular complexity index is 785. The van der Waals surface area contributed by atoms with Crippen molar-refractivity contribution in [2.24, 2.45) is 39.8 Å². The average Bonchev–Trinajstić information content (AvgIpc) is 3.14. The van der Waals surface area contributed by atoms with E-state index in [1.165, 1.54) is 18.4 Å². The molecule has 6 rings (SSSR count). The zero-order valence-electron chi connectivity index (χ0n) is 17.6. The molecule has 5 atom stereocenters. The number of amides is 1. The number of nitrogens with two attached hydrogens (primary N) is 1. The number of aliphatic imine (C=N–C) groups is 1. The Labute approximate surface area is 174 Å². The fourth-order valence-electron chi connectivity index (χ4n) is 7.52. The van der Waals surface area contributed by atoms with Crippen LogP contribution in [0.3, 0.4) is 0 Å². The zero-order chi connectivity index (χ0) is 20.1. The topological polar surface area (TPSA) is 64.7 Å². The number of ether oxygens (including phenoxy) is 1. The number of carbonyl (C=O) groups is 1. The Balaban J connectivity index is 1.38. The normalized spacial score (nSPS) is 43.3. The fourth-order valence-corrected chi connectivity index (χ4v) is 7.52. The van der Waals surface area contributed by atoms with Gasteiger partial charge in [-0.25, -0.2) is 4.99 Å². The first-order chi connectivity index (χ1) is 14.1. The second-order valence-electron chi connectivity index (χ2n) is 10.3. The Morgan fingerprint density at radius 2 is 1.93 bits per heavy atom. The molecule has 1 amide bonds. The molecule has 5 aliphatic carbocycles. The maximum Gasteiger partial charge on any atom is 0.251 e. The van der Waals surface area contributed by atoms with Gasteiger partial charge < -0.3 is 10.5 Å². The highest BCUT2D eigenvalue weighted by molar-refractivity contribution is 5.91. The minimum atomic E-state index is -0.315. The molecule has 1 aromatic rings. The Hall–Kier alpha value is -1.52. The second-order valence-corrected chi connectivity index (χ2v) is 10.3. The molecule has 0 spiro atoms. The molecular weight excluding hydrogens is 360 g/mol. The number of methoxy groups -OCH3 is 1. The van der Waals surface area contributed by atoms with Gasteiger partial charge in [0.1, 0.15) is 0 Å². The SMILES string of the molecule is COC1C2CC3(c4ccccc4)CC1C(C(=O)N=CC1CCC(CN)CC1)(C2)C3. The molecule has 5 fully saturated rings. The van der Waals surface area contributed by atoms with Crippen LogP contribution >= 0.6 is 0 Å². The van der Waals surface area contributed by atoms with E-state index < -0.39 is 0 Å². The van der Waals surface area contributed by atoms with Gasteiger partial charge in [0.25, 0.3) is 5.91 Å². The Morgan fingerprint density at radius 1 is 1.17 bits per heavy atom. The van der Waals surface area contributed by atoms with E-state index in [0.717, 1.165) is 45.1 Å². The molecule has 0 saturated heterocycles. The predicted molar refractivity (Wildman–Crippen MR) is 115 cm³/mol. The van der Waals surface area contributed by atoms with Crippen molar-refractivity contribution in [1.29, 1.82) is 0 Å². The van der Waals surface area contributed by atoms with E-state index in [1.807, 2.05) is 13.3 Å². The molecule has 1 aromatic carbocycles. The van der Waals surface area contributed by atoms with Gasteiger partial charge in [-0.05, 0) is 86.6 Å². The third kappa shape index (κ3) is 3.02. The molecule has 29 heavy (non-hydrogen) atoms. The van der Waals surface area contributed by atoms with Gasteiger partial charge >= 0.3 is 0 Å². The zero-order valence-corrected chi connectivity index (χ0v) is 17.6. The van der Waals surface area contributed by atoms with Crippen LogP contribution in [-0.2, 0) is 14.9 Å². The van der Waals surface area contributed by atoms with Crippen molar-refractivity contribution in [2.75, 3.05) is 13.7 Å². The first-order valence-corrected chi connectivity index (χ1v) is 11.5. The highest BCUT2D eigenvalue weighted by atomic mass is 16.5. The van der Waals surface area contributed by atoms with Crippen LogP contribution in [0.5, 0.6) is 0 Å². The number of nitrogens with zero attached hydrogens (tertiary/aromatic N) is 1. The summed E-state index contributed by atoms with van der Waals surface area (Å²) in [5, 5.41) is 0. The molecule has 0 aliphatic heterocycles. The van der Waals surface area contributed by atoms with Crippen LogP contribution in [0, 0.1) is 29.1 Å². The van der Waals surface area contributed by atoms with E-state index >= 15 is 0 Å². The van der Waals surface area contributed by atoms with Gasteiger partial charge in [0.15, 0.2) is 0 Å². The Morgan fingerprint density at radius 3 is 2.62 bits per heavy atom. The van der Waals surface area contributed by atoms with E-state index in [2.05, 4.69) is 35.3 Å². The maximum atomic E-state index is 13.5. The lowest BCUT2D eigenvalue weighted by atomic mass is 9.63. The molecule has 4 bridgehead atoms. The Kier molecular flexibility index (Phi) is 4.90. The largest absolute Gasteiger partial charge is 0.381 e. The summed E-state index contributed by atoms with van der Waals surface area (Å²) >= 11 is 0. The van der Waals surface area contributed by atoms with E-state index in [-0.39, 0.29) is 22.8 Å². The molecule has 5 saturated carbocycles. The van der Waals surface area contributed by atoms with Gasteiger partial charge in [-0.3, -0.25) is 4.79 Å². The molecule has 0 radical (unpaired) electrons. The summed E-state index contributed by atoms with van der Waals surface area (Å²) in [4.78, 5) is 18.2. The monoisotopic (exact) mass is 394 g/mol. The van der Waals surface area contributed by atoms with Crippen LogP contribution in [-0.4, -0.2) is 31.9 Å². The highest BCUT2D eigenvalue weighted by Crippen LogP contribution is 2.71. The van der Waals surface area contributed by atoms with Crippen molar-refractivity contribution < 1.29 is 9.53 Å². The van der Waals surface area contributed by atoms with Gasteiger partial charge in [-0.15, -0.1) is 0 Å². The van der Waals surface area contributed by atoms with E-state index in [1.54, 1.807) is 0 Å². The average molecular weight is 395 g/mol. The molecule has 5 unspecified atom stereocenters. The second kappa shape index (κ2) is 7.31. The summed E-state index contributed by atoms with van der Waals surface area (Å²) in [5.41, 5.74) is 7.04. The number of rotatable bonds is 5. The third-order valence-corrected chi connectivity index (χ3v) is 8.83. The number of hydrogen-bond acceptors (Lipinski definition) is 3. The van der Waals surface area contributed by atoms with Gasteiger partial charge in [-0.1, -0.05) is 30.3 Å². The smallest absolute Gasteiger partial charge is 0.251 e. The number of benzene rings is 1. The van der Waals surface area contributed by atoms with Crippen molar-refractivity contribution in [1.82, 2.24) is 0 Å². The van der Waals surface area contributed by atoms with Crippen LogP contribution in [0.25, 0.3) is 0 Å². The minimum absolute atomic E-state index is 0.130. The summed E-state index contributed by atoms with van der Waals surface area (Å²) in [6, 6.07) is 10.9. The summed E-state index contributed by atoms with van der Waals surface area (Å²) < 4.78 is 5.93. The molecule has 0 heterocycles. The van der Waals surface area contributed by atoms with Gasteiger partial charge in [0, 0.05) is 19.2 Å². The van der Waals surface area contributed by atoms with Crippen molar-refractivity contribution in [2.45, 2.75) is 62.9 Å². The molecule has 156 valence electrons. The molecule has 4 heteroatoms. The molecule has 4 nitrogen and oxygen atoms in total. The van der Waals surface area contributed by atoms with Gasteiger partial charge in [0.2, 0.25) is 0 Å². The minimum Gasteiger partial charge on any atom is -0.381 e. The molecule has 2 N–H and O–H groups in total. The van der Waals surface area contributed by atoms with Crippen molar-refractivity contribution in [3.63, 3.8) is 0 Å². The van der Waals surface area contributed by atoms with Crippen molar-refractivity contribution in [3.05, 3.63) is 35.9 Å². The summed E-state index contributed by atoms with van der Waals surface area (Å²) in [7, 11) is 1.82. The van der Waals surface area contributed by atoms with E-state index in [9.17, 15) is 4.79 Å². The third-order valence-electron chi connectivity index (χ3n) is 8.83. The first kappa shape index (κ1) is 19.4. The van der Waals surface area contributed by atoms with Gasteiger partial charge in [0.05, 0.1) is 11.5 Å². The predicted octanol–water partition coefficient (Wildman–Crippen LogP) is 4.12. The summed E-state index contributed by atoms with van der Waals surface area (Å²) in [6.45, 7) is 0.787. The lowest BCUT2D eigenvalue weighted by molar-refractivity contribution is -0.129. The lowest BCUT2D eigenvalue weighted by Crippen LogP contribution is -2.39. The quantitative estimate of drug-likeness (QED) is 0.764. The van der Waals surface area contributed by atoms with Crippen LogP contribution in [0.2, 0.25) is 0 Å². The van der Waals surface area contributed by atoms with Crippen LogP contribution < -0.4 is 5.73 Å². The number of hydrogen-bond donors (Lipinski definition) is 1. The summed E-state index contributed by atoms with van der Waals surface area (Å²) in [6.07, 6.45) is 10.9. The fraction of sp³-hybridized carbons (Fsp3) is 0.680. The van der Waals surface area contributed by atoms with Crippen LogP contribution in [0.15, 0.2) is 35.3 Å². The van der Waals surface area contributed by atoms with Crippen LogP contribution in [0.1, 0.15) is 56.9 Å². The summed E-state index contributed by atoms with van der Waals surface area (Å²) in [5.74, 6) is 2.01. The highest BCUT2D eigenvalue weighted by Gasteiger charge is 2.71. The van der Waals surface area contributed by atoms with E-state index in [4.69, 9.17) is 10.5 Å². The van der Waals surface area contributed by atoms with Crippen molar-refractivity contribution >= 4 is 12.1 Å². The van der Waals surface area contributed by atoms with E-state index in [0.29, 0.717) is 23.7 Å². The van der Waals surface area contributed by atoms with Crippen molar-refractivity contribution in [3.8, 4) is 0 Å². The lowest BCUT2D eigenvalue weighted by Gasteiger charge is -2.42. The van der Waals surface area contributed by atoms with Gasteiger partial charge in [-0.2, -0.15) is 0 Å². The first-order valence-electron chi connectivity index (χ1n) is 11.5.